The maximum absolute atomic E-state index is 6.06. The van der Waals surface area contributed by atoms with Gasteiger partial charge in [0.05, 0.1) is 6.54 Å². The van der Waals surface area contributed by atoms with Crippen LogP contribution in [0, 0.1) is 6.92 Å². The van der Waals surface area contributed by atoms with Crippen LogP contribution >= 0.6 is 0 Å². The van der Waals surface area contributed by atoms with E-state index in [1.54, 1.807) is 0 Å². The van der Waals surface area contributed by atoms with Gasteiger partial charge < -0.3 is 10.6 Å². The highest BCUT2D eigenvalue weighted by molar-refractivity contribution is 5.78. The summed E-state index contributed by atoms with van der Waals surface area (Å²) in [5, 5.41) is 0. The van der Waals surface area contributed by atoms with Crippen LogP contribution in [0.4, 0.5) is 0 Å². The summed E-state index contributed by atoms with van der Waals surface area (Å²) in [6.07, 6.45) is 2.49. The minimum absolute atomic E-state index is 0.0142. The summed E-state index contributed by atoms with van der Waals surface area (Å²) < 4.78 is 0. The van der Waals surface area contributed by atoms with Gasteiger partial charge in [0.2, 0.25) is 0 Å². The van der Waals surface area contributed by atoms with Gasteiger partial charge in [0, 0.05) is 18.5 Å². The number of guanidine groups is 1. The van der Waals surface area contributed by atoms with Crippen molar-refractivity contribution in [3.05, 3.63) is 35.4 Å². The van der Waals surface area contributed by atoms with Crippen molar-refractivity contribution < 1.29 is 0 Å². The summed E-state index contributed by atoms with van der Waals surface area (Å²) >= 11 is 0. The average Bonchev–Trinajstić information content (AvgIpc) is 3.19. The highest BCUT2D eigenvalue weighted by Crippen LogP contribution is 2.27. The zero-order valence-corrected chi connectivity index (χ0v) is 12.5. The molecular formula is C16H25N3. The molecule has 0 aliphatic heterocycles. The summed E-state index contributed by atoms with van der Waals surface area (Å²) in [4.78, 5) is 6.70. The third kappa shape index (κ3) is 3.28. The SMILES string of the molecule is Cc1ccccc1C(C)(C)CN=C(N)N(C)C1CC1. The second-order valence-electron chi connectivity index (χ2n) is 6.22. The quantitative estimate of drug-likeness (QED) is 0.667. The van der Waals surface area contributed by atoms with E-state index < -0.39 is 0 Å². The van der Waals surface area contributed by atoms with Gasteiger partial charge in [-0.2, -0.15) is 0 Å². The van der Waals surface area contributed by atoms with Crippen LogP contribution in [0.15, 0.2) is 29.3 Å². The first-order valence-corrected chi connectivity index (χ1v) is 7.00. The molecule has 3 heteroatoms. The number of aliphatic imine (C=N–C) groups is 1. The summed E-state index contributed by atoms with van der Waals surface area (Å²) in [5.74, 6) is 0.671. The molecule has 0 saturated heterocycles. The summed E-state index contributed by atoms with van der Waals surface area (Å²) in [7, 11) is 2.04. The molecule has 1 fully saturated rings. The van der Waals surface area contributed by atoms with Crippen LogP contribution in [0.3, 0.4) is 0 Å². The number of rotatable bonds is 4. The first-order chi connectivity index (χ1) is 8.92. The Morgan fingerprint density at radius 2 is 2.00 bits per heavy atom. The van der Waals surface area contributed by atoms with Crippen LogP contribution in [0.5, 0.6) is 0 Å². The van der Waals surface area contributed by atoms with Crippen molar-refractivity contribution in [2.75, 3.05) is 13.6 Å². The van der Waals surface area contributed by atoms with Gasteiger partial charge in [-0.3, -0.25) is 4.99 Å². The first-order valence-electron chi connectivity index (χ1n) is 7.00. The van der Waals surface area contributed by atoms with Crippen molar-refractivity contribution in [3.63, 3.8) is 0 Å². The zero-order chi connectivity index (χ0) is 14.0. The van der Waals surface area contributed by atoms with Gasteiger partial charge in [-0.15, -0.1) is 0 Å². The van der Waals surface area contributed by atoms with Gasteiger partial charge in [-0.05, 0) is 30.9 Å². The van der Waals surface area contributed by atoms with Crippen molar-refractivity contribution in [3.8, 4) is 0 Å². The largest absolute Gasteiger partial charge is 0.370 e. The molecule has 1 aliphatic rings. The molecular weight excluding hydrogens is 234 g/mol. The predicted octanol–water partition coefficient (Wildman–Crippen LogP) is 2.68. The van der Waals surface area contributed by atoms with Crippen molar-refractivity contribution in [1.29, 1.82) is 0 Å². The molecule has 104 valence electrons. The lowest BCUT2D eigenvalue weighted by Gasteiger charge is -2.26. The highest BCUT2D eigenvalue weighted by atomic mass is 15.3. The first kappa shape index (κ1) is 13.9. The molecule has 19 heavy (non-hydrogen) atoms. The fraction of sp³-hybridized carbons (Fsp3) is 0.562. The average molecular weight is 259 g/mol. The van der Waals surface area contributed by atoms with Crippen LogP contribution in [0.2, 0.25) is 0 Å². The van der Waals surface area contributed by atoms with E-state index in [2.05, 4.69) is 54.9 Å². The molecule has 1 saturated carbocycles. The minimum Gasteiger partial charge on any atom is -0.370 e. The van der Waals surface area contributed by atoms with Gasteiger partial charge in [-0.25, -0.2) is 0 Å². The summed E-state index contributed by atoms with van der Waals surface area (Å²) in [6.45, 7) is 7.33. The maximum atomic E-state index is 6.06. The van der Waals surface area contributed by atoms with Crippen molar-refractivity contribution in [2.24, 2.45) is 10.7 Å². The third-order valence-electron chi connectivity index (χ3n) is 3.97. The van der Waals surface area contributed by atoms with Crippen LogP contribution < -0.4 is 5.73 Å². The Hall–Kier alpha value is -1.51. The predicted molar refractivity (Wildman–Crippen MR) is 81.5 cm³/mol. The van der Waals surface area contributed by atoms with Crippen LogP contribution in [-0.2, 0) is 5.41 Å². The van der Waals surface area contributed by atoms with Gasteiger partial charge in [0.15, 0.2) is 5.96 Å². The molecule has 3 nitrogen and oxygen atoms in total. The lowest BCUT2D eigenvalue weighted by Crippen LogP contribution is -2.37. The molecule has 0 radical (unpaired) electrons. The summed E-state index contributed by atoms with van der Waals surface area (Å²) in [6, 6.07) is 9.12. The molecule has 1 aromatic carbocycles. The second kappa shape index (κ2) is 5.24. The Labute approximate surface area is 116 Å². The van der Waals surface area contributed by atoms with E-state index in [4.69, 9.17) is 5.73 Å². The van der Waals surface area contributed by atoms with Crippen LogP contribution in [-0.4, -0.2) is 30.5 Å². The monoisotopic (exact) mass is 259 g/mol. The molecule has 0 aromatic heterocycles. The highest BCUT2D eigenvalue weighted by Gasteiger charge is 2.28. The third-order valence-corrected chi connectivity index (χ3v) is 3.97. The van der Waals surface area contributed by atoms with E-state index in [0.29, 0.717) is 12.0 Å². The smallest absolute Gasteiger partial charge is 0.191 e. The summed E-state index contributed by atoms with van der Waals surface area (Å²) in [5.41, 5.74) is 8.74. The number of benzene rings is 1. The number of hydrogen-bond acceptors (Lipinski definition) is 1. The van der Waals surface area contributed by atoms with E-state index in [0.717, 1.165) is 6.54 Å². The Morgan fingerprint density at radius 1 is 1.37 bits per heavy atom. The van der Waals surface area contributed by atoms with E-state index >= 15 is 0 Å². The molecule has 0 spiro atoms. The molecule has 1 aliphatic carbocycles. The van der Waals surface area contributed by atoms with E-state index in [1.165, 1.54) is 24.0 Å². The number of aryl methyl sites for hydroxylation is 1. The molecule has 0 amide bonds. The van der Waals surface area contributed by atoms with E-state index in [-0.39, 0.29) is 5.41 Å². The Balaban J connectivity index is 2.08. The molecule has 0 atom stereocenters. The van der Waals surface area contributed by atoms with Crippen molar-refractivity contribution in [1.82, 2.24) is 4.90 Å². The number of hydrogen-bond donors (Lipinski definition) is 1. The molecule has 0 unspecified atom stereocenters. The van der Waals surface area contributed by atoms with E-state index in [9.17, 15) is 0 Å². The fourth-order valence-corrected chi connectivity index (χ4v) is 2.46. The Bertz CT molecular complexity index is 473. The number of nitrogens with two attached hydrogens (primary N) is 1. The van der Waals surface area contributed by atoms with Crippen molar-refractivity contribution >= 4 is 5.96 Å². The molecule has 0 heterocycles. The Morgan fingerprint density at radius 3 is 2.58 bits per heavy atom. The Kier molecular flexibility index (Phi) is 3.83. The molecule has 1 aromatic rings. The fourth-order valence-electron chi connectivity index (χ4n) is 2.46. The standard InChI is InChI=1S/C16H25N3/c1-12-7-5-6-8-14(12)16(2,3)11-18-15(17)19(4)13-9-10-13/h5-8,13H,9-11H2,1-4H3,(H2,17,18). The van der Waals surface area contributed by atoms with Gasteiger partial charge >= 0.3 is 0 Å². The van der Waals surface area contributed by atoms with Crippen molar-refractivity contribution in [2.45, 2.75) is 45.1 Å². The molecule has 2 N–H and O–H groups in total. The lowest BCUT2D eigenvalue weighted by molar-refractivity contribution is 0.476. The lowest BCUT2D eigenvalue weighted by atomic mass is 9.82. The van der Waals surface area contributed by atoms with Gasteiger partial charge in [0.1, 0.15) is 0 Å². The second-order valence-corrected chi connectivity index (χ2v) is 6.22. The van der Waals surface area contributed by atoms with Crippen LogP contribution in [0.25, 0.3) is 0 Å². The van der Waals surface area contributed by atoms with Crippen LogP contribution in [0.1, 0.15) is 37.8 Å². The topological polar surface area (TPSA) is 41.6 Å². The van der Waals surface area contributed by atoms with E-state index in [1.807, 2.05) is 7.05 Å². The normalized spacial score (nSPS) is 16.5. The maximum Gasteiger partial charge on any atom is 0.191 e. The molecule has 0 bridgehead atoms. The number of nitrogens with zero attached hydrogens (tertiary/aromatic N) is 2. The van der Waals surface area contributed by atoms with Gasteiger partial charge in [0.25, 0.3) is 0 Å². The van der Waals surface area contributed by atoms with Gasteiger partial charge in [-0.1, -0.05) is 38.1 Å². The minimum atomic E-state index is 0.0142. The molecule has 2 rings (SSSR count). The zero-order valence-electron chi connectivity index (χ0n) is 12.5.